The van der Waals surface area contributed by atoms with Crippen molar-refractivity contribution in [3.8, 4) is 11.1 Å². The molecule has 0 saturated carbocycles. The highest BCUT2D eigenvalue weighted by Gasteiger charge is 2.38. The number of ether oxygens (including phenoxy) is 1. The zero-order valence-electron chi connectivity index (χ0n) is 14.6. The molecule has 2 fully saturated rings. The minimum atomic E-state index is -0.0383. The van der Waals surface area contributed by atoms with E-state index in [1.807, 2.05) is 11.0 Å². The van der Waals surface area contributed by atoms with Crippen LogP contribution in [0.2, 0.25) is 0 Å². The molecule has 2 aromatic carbocycles. The fourth-order valence-corrected chi connectivity index (χ4v) is 4.16. The topological polar surface area (TPSA) is 29.5 Å². The van der Waals surface area contributed by atoms with Gasteiger partial charge in [-0.25, -0.2) is 0 Å². The molecule has 3 heteroatoms. The molecule has 3 nitrogen and oxygen atoms in total. The normalized spacial score (nSPS) is 23.8. The average Bonchev–Trinajstić information content (AvgIpc) is 3.07. The van der Waals surface area contributed by atoms with Gasteiger partial charge >= 0.3 is 0 Å². The molecule has 1 amide bonds. The fraction of sp³-hybridized carbons (Fsp3) is 0.409. The third-order valence-electron chi connectivity index (χ3n) is 5.63. The molecule has 2 aliphatic heterocycles. The molecular formula is C22H25NO2. The predicted molar refractivity (Wildman–Crippen MR) is 99.1 cm³/mol. The third kappa shape index (κ3) is 3.47. The van der Waals surface area contributed by atoms with Crippen LogP contribution in [-0.2, 0) is 16.1 Å². The van der Waals surface area contributed by atoms with E-state index in [4.69, 9.17) is 4.74 Å². The Morgan fingerprint density at radius 2 is 1.76 bits per heavy atom. The molecular weight excluding hydrogens is 310 g/mol. The van der Waals surface area contributed by atoms with Crippen molar-refractivity contribution >= 4 is 5.91 Å². The molecule has 1 atom stereocenters. The smallest absolute Gasteiger partial charge is 0.222 e. The Labute approximate surface area is 149 Å². The van der Waals surface area contributed by atoms with E-state index in [9.17, 15) is 4.79 Å². The number of hydrogen-bond acceptors (Lipinski definition) is 2. The molecule has 130 valence electrons. The lowest BCUT2D eigenvalue weighted by Gasteiger charge is -2.27. The number of benzene rings is 2. The molecule has 0 aromatic heterocycles. The lowest BCUT2D eigenvalue weighted by Crippen LogP contribution is -2.32. The molecule has 0 bridgehead atoms. The minimum absolute atomic E-state index is 0.0383. The Balaban J connectivity index is 1.55. The summed E-state index contributed by atoms with van der Waals surface area (Å²) in [5.41, 5.74) is 3.59. The second-order valence-corrected chi connectivity index (χ2v) is 7.22. The minimum Gasteiger partial charge on any atom is -0.375 e. The van der Waals surface area contributed by atoms with Gasteiger partial charge in [-0.2, -0.15) is 0 Å². The van der Waals surface area contributed by atoms with Gasteiger partial charge in [-0.1, -0.05) is 54.6 Å². The second kappa shape index (κ2) is 7.01. The van der Waals surface area contributed by atoms with Crippen LogP contribution >= 0.6 is 0 Å². The largest absolute Gasteiger partial charge is 0.375 e. The number of rotatable bonds is 3. The van der Waals surface area contributed by atoms with Crippen molar-refractivity contribution in [2.24, 2.45) is 0 Å². The Bertz CT molecular complexity index is 735. The van der Waals surface area contributed by atoms with Crippen LogP contribution in [0.4, 0.5) is 0 Å². The fourth-order valence-electron chi connectivity index (χ4n) is 4.16. The van der Waals surface area contributed by atoms with Crippen molar-refractivity contribution in [1.29, 1.82) is 0 Å². The summed E-state index contributed by atoms with van der Waals surface area (Å²) in [6.45, 7) is 2.33. The SMILES string of the molecule is O=C1CC[C@@]2(CCCO2)CCN1Cc1ccccc1-c1ccccc1. The van der Waals surface area contributed by atoms with Crippen LogP contribution in [0, 0.1) is 0 Å². The molecule has 0 radical (unpaired) electrons. The van der Waals surface area contributed by atoms with Gasteiger partial charge < -0.3 is 9.64 Å². The molecule has 0 N–H and O–H groups in total. The Kier molecular flexibility index (Phi) is 4.58. The van der Waals surface area contributed by atoms with E-state index in [0.717, 1.165) is 38.8 Å². The van der Waals surface area contributed by atoms with Gasteiger partial charge in [0.25, 0.3) is 0 Å². The van der Waals surface area contributed by atoms with E-state index in [2.05, 4.69) is 48.5 Å². The maximum atomic E-state index is 12.7. The van der Waals surface area contributed by atoms with Crippen molar-refractivity contribution in [2.75, 3.05) is 13.2 Å². The summed E-state index contributed by atoms with van der Waals surface area (Å²) >= 11 is 0. The molecule has 2 aromatic rings. The monoisotopic (exact) mass is 335 g/mol. The number of nitrogens with zero attached hydrogens (tertiary/aromatic N) is 1. The number of amides is 1. The number of hydrogen-bond donors (Lipinski definition) is 0. The van der Waals surface area contributed by atoms with Crippen molar-refractivity contribution in [3.05, 3.63) is 60.2 Å². The van der Waals surface area contributed by atoms with Gasteiger partial charge in [-0.15, -0.1) is 0 Å². The zero-order valence-corrected chi connectivity index (χ0v) is 14.6. The first-order valence-electron chi connectivity index (χ1n) is 9.31. The first-order chi connectivity index (χ1) is 12.3. The van der Waals surface area contributed by atoms with Gasteiger partial charge in [0.15, 0.2) is 0 Å². The van der Waals surface area contributed by atoms with Crippen LogP contribution in [0.5, 0.6) is 0 Å². The Morgan fingerprint density at radius 1 is 0.960 bits per heavy atom. The summed E-state index contributed by atoms with van der Waals surface area (Å²) in [6, 6.07) is 18.8. The summed E-state index contributed by atoms with van der Waals surface area (Å²) < 4.78 is 6.02. The third-order valence-corrected chi connectivity index (χ3v) is 5.63. The van der Waals surface area contributed by atoms with Gasteiger partial charge in [-0.3, -0.25) is 4.79 Å². The number of carbonyl (C=O) groups is 1. The van der Waals surface area contributed by atoms with Gasteiger partial charge in [0, 0.05) is 26.1 Å². The molecule has 2 saturated heterocycles. The maximum absolute atomic E-state index is 12.7. The first kappa shape index (κ1) is 16.3. The average molecular weight is 335 g/mol. The van der Waals surface area contributed by atoms with Crippen molar-refractivity contribution < 1.29 is 9.53 Å². The summed E-state index contributed by atoms with van der Waals surface area (Å²) in [4.78, 5) is 14.7. The zero-order chi connectivity index (χ0) is 17.1. The highest BCUT2D eigenvalue weighted by Crippen LogP contribution is 2.36. The molecule has 2 aliphatic rings. The van der Waals surface area contributed by atoms with Crippen LogP contribution in [0.1, 0.15) is 37.7 Å². The van der Waals surface area contributed by atoms with E-state index in [1.54, 1.807) is 0 Å². The van der Waals surface area contributed by atoms with Crippen molar-refractivity contribution in [3.63, 3.8) is 0 Å². The quantitative estimate of drug-likeness (QED) is 0.831. The van der Waals surface area contributed by atoms with Crippen LogP contribution in [0.25, 0.3) is 11.1 Å². The van der Waals surface area contributed by atoms with Crippen LogP contribution in [0.15, 0.2) is 54.6 Å². The van der Waals surface area contributed by atoms with E-state index < -0.39 is 0 Å². The maximum Gasteiger partial charge on any atom is 0.222 e. The van der Waals surface area contributed by atoms with E-state index in [0.29, 0.717) is 13.0 Å². The van der Waals surface area contributed by atoms with Gasteiger partial charge in [-0.05, 0) is 42.4 Å². The number of carbonyl (C=O) groups excluding carboxylic acids is 1. The highest BCUT2D eigenvalue weighted by molar-refractivity contribution is 5.77. The van der Waals surface area contributed by atoms with Crippen LogP contribution in [0.3, 0.4) is 0 Å². The first-order valence-corrected chi connectivity index (χ1v) is 9.31. The molecule has 0 aliphatic carbocycles. The number of likely N-dealkylation sites (tertiary alicyclic amines) is 1. The molecule has 4 rings (SSSR count). The second-order valence-electron chi connectivity index (χ2n) is 7.22. The van der Waals surface area contributed by atoms with Crippen molar-refractivity contribution in [2.45, 2.75) is 44.2 Å². The van der Waals surface area contributed by atoms with Gasteiger partial charge in [0.1, 0.15) is 0 Å². The van der Waals surface area contributed by atoms with E-state index >= 15 is 0 Å². The molecule has 25 heavy (non-hydrogen) atoms. The van der Waals surface area contributed by atoms with Gasteiger partial charge in [0.05, 0.1) is 5.60 Å². The molecule has 0 unspecified atom stereocenters. The van der Waals surface area contributed by atoms with Crippen LogP contribution in [-0.4, -0.2) is 29.6 Å². The van der Waals surface area contributed by atoms with Gasteiger partial charge in [0.2, 0.25) is 5.91 Å². The summed E-state index contributed by atoms with van der Waals surface area (Å²) in [5, 5.41) is 0. The lowest BCUT2D eigenvalue weighted by atomic mass is 9.92. The van der Waals surface area contributed by atoms with E-state index in [-0.39, 0.29) is 11.5 Å². The Hall–Kier alpha value is -2.13. The highest BCUT2D eigenvalue weighted by atomic mass is 16.5. The predicted octanol–water partition coefficient (Wildman–Crippen LogP) is 4.42. The lowest BCUT2D eigenvalue weighted by molar-refractivity contribution is -0.131. The molecule has 2 heterocycles. The van der Waals surface area contributed by atoms with Crippen LogP contribution < -0.4 is 0 Å². The van der Waals surface area contributed by atoms with E-state index in [1.165, 1.54) is 16.7 Å². The molecule has 1 spiro atoms. The summed E-state index contributed by atoms with van der Waals surface area (Å²) in [6.07, 6.45) is 4.68. The standard InChI is InChI=1S/C22H25NO2/c24-21-11-13-22(12-6-16-25-22)14-15-23(21)17-19-9-4-5-10-20(19)18-7-2-1-3-8-18/h1-5,7-10H,6,11-17H2/t22-/m0/s1. The Morgan fingerprint density at radius 3 is 2.56 bits per heavy atom. The summed E-state index contributed by atoms with van der Waals surface area (Å²) in [7, 11) is 0. The summed E-state index contributed by atoms with van der Waals surface area (Å²) in [5.74, 6) is 0.259. The van der Waals surface area contributed by atoms with Crippen molar-refractivity contribution in [1.82, 2.24) is 4.90 Å².